The van der Waals surface area contributed by atoms with E-state index in [1.807, 2.05) is 0 Å². The molecular formula is C10H8ClF3O3. The Morgan fingerprint density at radius 2 is 1.88 bits per heavy atom. The molecule has 1 N–H and O–H groups in total. The second-order valence-electron chi connectivity index (χ2n) is 3.20. The molecule has 0 heterocycles. The first kappa shape index (κ1) is 13.6. The summed E-state index contributed by atoms with van der Waals surface area (Å²) in [5, 5.41) is 7.44. The van der Waals surface area contributed by atoms with E-state index in [0.717, 1.165) is 12.1 Å². The number of aliphatic carboxylic acids is 1. The molecule has 1 atom stereocenters. The van der Waals surface area contributed by atoms with Crippen LogP contribution in [0.25, 0.3) is 0 Å². The second-order valence-corrected chi connectivity index (χ2v) is 3.73. The molecule has 3 nitrogen and oxygen atoms in total. The van der Waals surface area contributed by atoms with Gasteiger partial charge in [-0.25, -0.2) is 0 Å². The van der Waals surface area contributed by atoms with Crippen LogP contribution in [0.4, 0.5) is 13.2 Å². The van der Waals surface area contributed by atoms with Crippen LogP contribution < -0.4 is 4.74 Å². The summed E-state index contributed by atoms with van der Waals surface area (Å²) in [4.78, 5) is 10.5. The number of halogens is 4. The van der Waals surface area contributed by atoms with Gasteiger partial charge in [-0.15, -0.1) is 24.8 Å². The molecule has 0 spiro atoms. The zero-order chi connectivity index (χ0) is 13.1. The fraction of sp³-hybridized carbons (Fsp3) is 0.300. The molecule has 1 aromatic rings. The molecule has 7 heteroatoms. The van der Waals surface area contributed by atoms with Gasteiger partial charge in [-0.05, 0) is 24.1 Å². The number of alkyl halides is 4. The van der Waals surface area contributed by atoms with Crippen LogP contribution in [0.15, 0.2) is 24.3 Å². The summed E-state index contributed by atoms with van der Waals surface area (Å²) in [7, 11) is 0. The van der Waals surface area contributed by atoms with E-state index in [4.69, 9.17) is 16.7 Å². The van der Waals surface area contributed by atoms with Crippen molar-refractivity contribution >= 4 is 17.6 Å². The van der Waals surface area contributed by atoms with E-state index in [1.165, 1.54) is 12.1 Å². The van der Waals surface area contributed by atoms with Crippen molar-refractivity contribution in [3.63, 3.8) is 0 Å². The molecule has 0 saturated carbocycles. The van der Waals surface area contributed by atoms with Crippen LogP contribution in [-0.2, 0) is 11.2 Å². The minimum Gasteiger partial charge on any atom is -0.480 e. The summed E-state index contributed by atoms with van der Waals surface area (Å²) in [5.74, 6) is -1.54. The fourth-order valence-electron chi connectivity index (χ4n) is 1.12. The van der Waals surface area contributed by atoms with Crippen LogP contribution in [0, 0.1) is 0 Å². The molecule has 0 bridgehead atoms. The molecule has 1 unspecified atom stereocenters. The molecule has 0 aliphatic heterocycles. The van der Waals surface area contributed by atoms with Crippen molar-refractivity contribution in [1.29, 1.82) is 0 Å². The van der Waals surface area contributed by atoms with Crippen molar-refractivity contribution < 1.29 is 27.8 Å². The molecule has 1 rings (SSSR count). The summed E-state index contributed by atoms with van der Waals surface area (Å²) in [5.41, 5.74) is 0.516. The first-order valence-electron chi connectivity index (χ1n) is 4.49. The molecule has 17 heavy (non-hydrogen) atoms. The Morgan fingerprint density at radius 1 is 1.35 bits per heavy atom. The van der Waals surface area contributed by atoms with Crippen LogP contribution in [0.3, 0.4) is 0 Å². The van der Waals surface area contributed by atoms with Crippen LogP contribution in [0.5, 0.6) is 5.75 Å². The minimum atomic E-state index is -4.74. The quantitative estimate of drug-likeness (QED) is 0.854. The number of hydrogen-bond donors (Lipinski definition) is 1. The highest BCUT2D eigenvalue weighted by Gasteiger charge is 2.30. The van der Waals surface area contributed by atoms with E-state index < -0.39 is 17.7 Å². The van der Waals surface area contributed by atoms with E-state index in [2.05, 4.69) is 4.74 Å². The van der Waals surface area contributed by atoms with Gasteiger partial charge in [-0.3, -0.25) is 4.79 Å². The van der Waals surface area contributed by atoms with Crippen molar-refractivity contribution in [2.75, 3.05) is 0 Å². The van der Waals surface area contributed by atoms with Crippen LogP contribution >= 0.6 is 11.6 Å². The summed E-state index contributed by atoms with van der Waals surface area (Å²) in [6.07, 6.45) is -4.71. The summed E-state index contributed by atoms with van der Waals surface area (Å²) < 4.78 is 39.2. The standard InChI is InChI=1S/C10H8ClF3O3/c11-8(9(15)16)5-6-1-3-7(4-2-6)17-10(12,13)14/h1-4,8H,5H2,(H,15,16). The first-order valence-corrected chi connectivity index (χ1v) is 4.93. The third kappa shape index (κ3) is 4.95. The lowest BCUT2D eigenvalue weighted by atomic mass is 10.1. The minimum absolute atomic E-state index is 0.0309. The van der Waals surface area contributed by atoms with E-state index in [0.29, 0.717) is 5.56 Å². The molecular weight excluding hydrogens is 261 g/mol. The normalized spacial score (nSPS) is 13.2. The highest BCUT2D eigenvalue weighted by molar-refractivity contribution is 6.29. The van der Waals surface area contributed by atoms with Gasteiger partial charge in [-0.1, -0.05) is 12.1 Å². The van der Waals surface area contributed by atoms with Gasteiger partial charge in [-0.2, -0.15) is 0 Å². The molecule has 0 amide bonds. The maximum absolute atomic E-state index is 11.8. The van der Waals surface area contributed by atoms with Crippen molar-refractivity contribution in [1.82, 2.24) is 0 Å². The van der Waals surface area contributed by atoms with E-state index >= 15 is 0 Å². The number of carboxylic acids is 1. The summed E-state index contributed by atoms with van der Waals surface area (Å²) >= 11 is 5.49. The third-order valence-corrected chi connectivity index (χ3v) is 2.18. The number of carboxylic acid groups (broad SMARTS) is 1. The number of rotatable bonds is 4. The molecule has 1 aromatic carbocycles. The zero-order valence-corrected chi connectivity index (χ0v) is 9.13. The van der Waals surface area contributed by atoms with Gasteiger partial charge in [0.2, 0.25) is 0 Å². The van der Waals surface area contributed by atoms with Gasteiger partial charge in [0.1, 0.15) is 11.1 Å². The smallest absolute Gasteiger partial charge is 0.480 e. The van der Waals surface area contributed by atoms with E-state index in [-0.39, 0.29) is 12.2 Å². The molecule has 0 aliphatic rings. The predicted octanol–water partition coefficient (Wildman–Crippen LogP) is 2.82. The van der Waals surface area contributed by atoms with Crippen molar-refractivity contribution in [3.05, 3.63) is 29.8 Å². The zero-order valence-electron chi connectivity index (χ0n) is 8.37. The lowest BCUT2D eigenvalue weighted by Crippen LogP contribution is -2.17. The monoisotopic (exact) mass is 268 g/mol. The van der Waals surface area contributed by atoms with Crippen LogP contribution in [0.2, 0.25) is 0 Å². The highest BCUT2D eigenvalue weighted by Crippen LogP contribution is 2.23. The third-order valence-electron chi connectivity index (χ3n) is 1.84. The molecule has 0 saturated heterocycles. The van der Waals surface area contributed by atoms with Gasteiger partial charge < -0.3 is 9.84 Å². The number of carbonyl (C=O) groups is 1. The summed E-state index contributed by atoms with van der Waals surface area (Å²) in [6, 6.07) is 4.88. The molecule has 0 aromatic heterocycles. The summed E-state index contributed by atoms with van der Waals surface area (Å²) in [6.45, 7) is 0. The fourth-order valence-corrected chi connectivity index (χ4v) is 1.30. The van der Waals surface area contributed by atoms with Gasteiger partial charge in [0, 0.05) is 0 Å². The second kappa shape index (κ2) is 5.27. The molecule has 0 fully saturated rings. The number of benzene rings is 1. The lowest BCUT2D eigenvalue weighted by molar-refractivity contribution is -0.274. The average Bonchev–Trinajstić information content (AvgIpc) is 2.18. The van der Waals surface area contributed by atoms with Gasteiger partial charge in [0.15, 0.2) is 0 Å². The van der Waals surface area contributed by atoms with Crippen molar-refractivity contribution in [3.8, 4) is 5.75 Å². The van der Waals surface area contributed by atoms with Crippen molar-refractivity contribution in [2.45, 2.75) is 18.2 Å². The Kier molecular flexibility index (Phi) is 4.22. The maximum atomic E-state index is 11.8. The Balaban J connectivity index is 2.65. The topological polar surface area (TPSA) is 46.5 Å². The predicted molar refractivity (Wildman–Crippen MR) is 54.1 cm³/mol. The molecule has 0 radical (unpaired) electrons. The largest absolute Gasteiger partial charge is 0.573 e. The van der Waals surface area contributed by atoms with Crippen LogP contribution in [-0.4, -0.2) is 22.8 Å². The molecule has 94 valence electrons. The van der Waals surface area contributed by atoms with Crippen LogP contribution in [0.1, 0.15) is 5.56 Å². The first-order chi connectivity index (χ1) is 7.78. The Morgan fingerprint density at radius 3 is 2.29 bits per heavy atom. The molecule has 0 aliphatic carbocycles. The van der Waals surface area contributed by atoms with Gasteiger partial charge in [0.05, 0.1) is 0 Å². The lowest BCUT2D eigenvalue weighted by Gasteiger charge is -2.09. The average molecular weight is 269 g/mol. The Hall–Kier alpha value is -1.43. The highest BCUT2D eigenvalue weighted by atomic mass is 35.5. The van der Waals surface area contributed by atoms with E-state index in [1.54, 1.807) is 0 Å². The SMILES string of the molecule is O=C(O)C(Cl)Cc1ccc(OC(F)(F)F)cc1. The van der Waals surface area contributed by atoms with Gasteiger partial charge >= 0.3 is 12.3 Å². The van der Waals surface area contributed by atoms with E-state index in [9.17, 15) is 18.0 Å². The maximum Gasteiger partial charge on any atom is 0.573 e. The number of hydrogen-bond acceptors (Lipinski definition) is 2. The number of ether oxygens (including phenoxy) is 1. The van der Waals surface area contributed by atoms with Crippen molar-refractivity contribution in [2.24, 2.45) is 0 Å². The Bertz CT molecular complexity index is 389. The van der Waals surface area contributed by atoms with Gasteiger partial charge in [0.25, 0.3) is 0 Å². The Labute approximate surface area is 99.8 Å².